The van der Waals surface area contributed by atoms with Crippen molar-refractivity contribution in [3.8, 4) is 0 Å². The van der Waals surface area contributed by atoms with Gasteiger partial charge in [-0.05, 0) is 25.7 Å². The van der Waals surface area contributed by atoms with E-state index in [1.807, 2.05) is 0 Å². The lowest BCUT2D eigenvalue weighted by Gasteiger charge is -2.29. The van der Waals surface area contributed by atoms with Gasteiger partial charge in [-0.2, -0.15) is 0 Å². The third-order valence-electron chi connectivity index (χ3n) is 7.58. The van der Waals surface area contributed by atoms with E-state index in [4.69, 9.17) is 9.47 Å². The lowest BCUT2D eigenvalue weighted by molar-refractivity contribution is -0.198. The summed E-state index contributed by atoms with van der Waals surface area (Å²) in [5.74, 6) is 0. The second kappa shape index (κ2) is 32.3. The van der Waals surface area contributed by atoms with Crippen LogP contribution in [0.1, 0.15) is 155 Å². The predicted molar refractivity (Wildman–Crippen MR) is 165 cm³/mol. The zero-order valence-corrected chi connectivity index (χ0v) is 26.3. The van der Waals surface area contributed by atoms with Crippen LogP contribution < -0.4 is 0 Å². The van der Waals surface area contributed by atoms with Gasteiger partial charge in [0.1, 0.15) is 6.10 Å². The van der Waals surface area contributed by atoms with Crippen molar-refractivity contribution in [1.82, 2.24) is 4.90 Å². The normalized spacial score (nSPS) is 12.7. The van der Waals surface area contributed by atoms with E-state index in [1.54, 1.807) is 0 Å². The Labute approximate surface area is 243 Å². The number of ether oxygens (including phenoxy) is 2. The Bertz CT molecular complexity index is 420. The molecule has 0 fully saturated rings. The van der Waals surface area contributed by atoms with E-state index in [0.29, 0.717) is 45.7 Å². The monoisotopic (exact) mass is 560 g/mol. The number of rotatable bonds is 33. The third kappa shape index (κ3) is 27.7. The van der Waals surface area contributed by atoms with E-state index in [0.717, 1.165) is 25.7 Å². The quantitative estimate of drug-likeness (QED) is 0.0567. The summed E-state index contributed by atoms with van der Waals surface area (Å²) in [6.07, 6.45) is 25.6. The topological polar surface area (TPSA) is 82.4 Å². The summed E-state index contributed by atoms with van der Waals surface area (Å²) in [5.41, 5.74) is 0. The highest BCUT2D eigenvalue weighted by Gasteiger charge is 2.23. The molecule has 6 nitrogen and oxygen atoms in total. The molecule has 1 atom stereocenters. The maximum atomic E-state index is 11.0. The van der Waals surface area contributed by atoms with Gasteiger partial charge in [0, 0.05) is 46.1 Å². The van der Waals surface area contributed by atoms with Crippen LogP contribution in [0.5, 0.6) is 0 Å². The molecule has 0 aromatic carbocycles. The molecule has 39 heavy (non-hydrogen) atoms. The Kier molecular flexibility index (Phi) is 32.1. The van der Waals surface area contributed by atoms with Gasteiger partial charge in [0.15, 0.2) is 6.29 Å². The summed E-state index contributed by atoms with van der Waals surface area (Å²) in [5, 5.41) is 29.5. The van der Waals surface area contributed by atoms with E-state index >= 15 is 0 Å². The lowest BCUT2D eigenvalue weighted by Crippen LogP contribution is -2.43. The van der Waals surface area contributed by atoms with Gasteiger partial charge in [0.25, 0.3) is 0 Å². The van der Waals surface area contributed by atoms with E-state index in [1.165, 1.54) is 103 Å². The fourth-order valence-corrected chi connectivity index (χ4v) is 5.08. The Morgan fingerprint density at radius 1 is 0.487 bits per heavy atom. The van der Waals surface area contributed by atoms with Crippen molar-refractivity contribution in [3.63, 3.8) is 0 Å². The highest BCUT2D eigenvalue weighted by molar-refractivity contribution is 4.69. The molecule has 0 spiro atoms. The van der Waals surface area contributed by atoms with Crippen LogP contribution >= 0.6 is 0 Å². The van der Waals surface area contributed by atoms with Gasteiger partial charge in [-0.3, -0.25) is 0 Å². The zero-order chi connectivity index (χ0) is 28.7. The van der Waals surface area contributed by atoms with Crippen LogP contribution in [-0.4, -0.2) is 78.7 Å². The molecule has 1 unspecified atom stereocenters. The lowest BCUT2D eigenvalue weighted by atomic mass is 10.1. The van der Waals surface area contributed by atoms with E-state index in [2.05, 4.69) is 18.7 Å². The molecule has 0 aromatic rings. The fraction of sp³-hybridized carbons (Fsp3) is 1.00. The molecule has 3 N–H and O–H groups in total. The van der Waals surface area contributed by atoms with Crippen molar-refractivity contribution >= 4 is 0 Å². The average molecular weight is 560 g/mol. The average Bonchev–Trinajstić information content (AvgIpc) is 2.94. The molecule has 0 aliphatic heterocycles. The second-order valence-corrected chi connectivity index (χ2v) is 11.5. The van der Waals surface area contributed by atoms with Crippen molar-refractivity contribution in [2.75, 3.05) is 46.1 Å². The molecule has 0 rings (SSSR count). The summed E-state index contributed by atoms with van der Waals surface area (Å²) in [7, 11) is 0. The van der Waals surface area contributed by atoms with E-state index in [9.17, 15) is 15.3 Å². The Balaban J connectivity index is 4.32. The standard InChI is InChI=1S/C33H69NO5/c1-3-5-7-9-11-13-15-17-19-21-29-38-33(32(37)31-34(25-23-27-35)26-24-28-36)39-30-22-20-18-16-14-12-10-8-6-4-2/h32-33,35-37H,3-31H2,1-2H3. The first-order valence-electron chi connectivity index (χ1n) is 17.0. The molecule has 0 amide bonds. The first-order valence-corrected chi connectivity index (χ1v) is 17.0. The van der Waals surface area contributed by atoms with Crippen LogP contribution in [0.4, 0.5) is 0 Å². The van der Waals surface area contributed by atoms with Gasteiger partial charge in [-0.25, -0.2) is 0 Å². The number of hydrogen-bond donors (Lipinski definition) is 3. The smallest absolute Gasteiger partial charge is 0.184 e. The number of nitrogens with zero attached hydrogens (tertiary/aromatic N) is 1. The first-order chi connectivity index (χ1) is 19.2. The predicted octanol–water partition coefficient (Wildman–Crippen LogP) is 7.62. The van der Waals surface area contributed by atoms with Gasteiger partial charge in [0.05, 0.1) is 0 Å². The fourth-order valence-electron chi connectivity index (χ4n) is 5.08. The van der Waals surface area contributed by atoms with Crippen molar-refractivity contribution in [3.05, 3.63) is 0 Å². The zero-order valence-electron chi connectivity index (χ0n) is 26.3. The number of aliphatic hydroxyl groups excluding tert-OH is 3. The van der Waals surface area contributed by atoms with Gasteiger partial charge < -0.3 is 29.7 Å². The SMILES string of the molecule is CCCCCCCCCCCCOC(OCCCCCCCCCCCC)C(O)CN(CCCO)CCCO. The summed E-state index contributed by atoms with van der Waals surface area (Å²) in [6, 6.07) is 0. The van der Waals surface area contributed by atoms with Crippen LogP contribution in [0.15, 0.2) is 0 Å². The summed E-state index contributed by atoms with van der Waals surface area (Å²) >= 11 is 0. The summed E-state index contributed by atoms with van der Waals surface area (Å²) in [4.78, 5) is 2.10. The van der Waals surface area contributed by atoms with Crippen LogP contribution in [0.2, 0.25) is 0 Å². The molecule has 0 aliphatic carbocycles. The molecule has 0 heterocycles. The molecule has 0 bridgehead atoms. The van der Waals surface area contributed by atoms with Crippen LogP contribution in [0.3, 0.4) is 0 Å². The molecule has 0 aliphatic rings. The highest BCUT2D eigenvalue weighted by Crippen LogP contribution is 2.14. The summed E-state index contributed by atoms with van der Waals surface area (Å²) < 4.78 is 12.2. The molecule has 236 valence electrons. The van der Waals surface area contributed by atoms with Crippen LogP contribution in [-0.2, 0) is 9.47 Å². The number of unbranched alkanes of at least 4 members (excludes halogenated alkanes) is 18. The molecular formula is C33H69NO5. The van der Waals surface area contributed by atoms with Crippen LogP contribution in [0, 0.1) is 0 Å². The van der Waals surface area contributed by atoms with E-state index < -0.39 is 12.4 Å². The Hall–Kier alpha value is -0.240. The maximum Gasteiger partial charge on any atom is 0.184 e. The molecule has 0 aromatic heterocycles. The minimum absolute atomic E-state index is 0.125. The minimum atomic E-state index is -0.742. The second-order valence-electron chi connectivity index (χ2n) is 11.5. The van der Waals surface area contributed by atoms with E-state index in [-0.39, 0.29) is 13.2 Å². The Morgan fingerprint density at radius 3 is 1.15 bits per heavy atom. The van der Waals surface area contributed by atoms with Gasteiger partial charge in [-0.15, -0.1) is 0 Å². The minimum Gasteiger partial charge on any atom is -0.396 e. The molecule has 0 saturated heterocycles. The van der Waals surface area contributed by atoms with Crippen molar-refractivity contribution in [2.45, 2.75) is 167 Å². The van der Waals surface area contributed by atoms with Crippen molar-refractivity contribution < 1.29 is 24.8 Å². The summed E-state index contributed by atoms with van der Waals surface area (Å²) in [6.45, 7) is 7.82. The largest absolute Gasteiger partial charge is 0.396 e. The van der Waals surface area contributed by atoms with Gasteiger partial charge in [0.2, 0.25) is 0 Å². The molecule has 0 saturated carbocycles. The first kappa shape index (κ1) is 38.8. The maximum absolute atomic E-state index is 11.0. The molecule has 0 radical (unpaired) electrons. The number of aliphatic hydroxyl groups is 3. The van der Waals surface area contributed by atoms with Gasteiger partial charge >= 0.3 is 0 Å². The van der Waals surface area contributed by atoms with Crippen LogP contribution in [0.25, 0.3) is 0 Å². The Morgan fingerprint density at radius 2 is 0.821 bits per heavy atom. The highest BCUT2D eigenvalue weighted by atomic mass is 16.7. The molecule has 6 heteroatoms. The molecular weight excluding hydrogens is 490 g/mol. The van der Waals surface area contributed by atoms with Gasteiger partial charge in [-0.1, -0.05) is 129 Å². The van der Waals surface area contributed by atoms with Crippen molar-refractivity contribution in [1.29, 1.82) is 0 Å². The van der Waals surface area contributed by atoms with Crippen molar-refractivity contribution in [2.24, 2.45) is 0 Å². The number of hydrogen-bond acceptors (Lipinski definition) is 6. The third-order valence-corrected chi connectivity index (χ3v) is 7.58.